The van der Waals surface area contributed by atoms with Crippen LogP contribution in [0.4, 0.5) is 0 Å². The quantitative estimate of drug-likeness (QED) is 0.504. The third kappa shape index (κ3) is 5.13. The molecule has 0 aliphatic rings. The van der Waals surface area contributed by atoms with Crippen molar-refractivity contribution < 1.29 is 18.3 Å². The number of aromatic carboxylic acids is 1. The van der Waals surface area contributed by atoms with Gasteiger partial charge >= 0.3 is 5.97 Å². The summed E-state index contributed by atoms with van der Waals surface area (Å²) >= 11 is 3.16. The van der Waals surface area contributed by atoms with Crippen LogP contribution in [0.2, 0.25) is 0 Å². The molecule has 3 rings (SSSR count). The summed E-state index contributed by atoms with van der Waals surface area (Å²) in [5.74, 6) is -1.20. The van der Waals surface area contributed by atoms with Crippen LogP contribution in [0.3, 0.4) is 0 Å². The van der Waals surface area contributed by atoms with Crippen LogP contribution in [-0.2, 0) is 29.5 Å². The summed E-state index contributed by atoms with van der Waals surface area (Å²) in [5.41, 5.74) is 2.64. The Balaban J connectivity index is 2.01. The van der Waals surface area contributed by atoms with Gasteiger partial charge in [0.2, 0.25) is 10.0 Å². The van der Waals surface area contributed by atoms with Crippen LogP contribution in [0.5, 0.6) is 0 Å². The number of carboxylic acids is 1. The van der Waals surface area contributed by atoms with Gasteiger partial charge in [0.05, 0.1) is 10.5 Å². The van der Waals surface area contributed by atoms with Gasteiger partial charge in [0, 0.05) is 30.0 Å². The molecule has 1 aromatic heterocycles. The Morgan fingerprint density at radius 3 is 2.30 bits per heavy atom. The lowest BCUT2D eigenvalue weighted by Gasteiger charge is -2.23. The highest BCUT2D eigenvalue weighted by atomic mass is 79.9. The van der Waals surface area contributed by atoms with Gasteiger partial charge in [0.25, 0.3) is 0 Å². The molecule has 3 aromatic rings. The Labute approximate surface area is 184 Å². The molecule has 156 valence electrons. The Kier molecular flexibility index (Phi) is 7.02. The molecule has 0 saturated carbocycles. The highest BCUT2D eigenvalue weighted by Gasteiger charge is 2.26. The van der Waals surface area contributed by atoms with E-state index in [2.05, 4.69) is 27.8 Å². The molecule has 6 nitrogen and oxygen atoms in total. The molecule has 0 aliphatic heterocycles. The monoisotopic (exact) mass is 488 g/mol. The molecule has 0 fully saturated rings. The van der Waals surface area contributed by atoms with Gasteiger partial charge < -0.3 is 5.11 Å². The predicted molar refractivity (Wildman–Crippen MR) is 118 cm³/mol. The Morgan fingerprint density at radius 1 is 1.03 bits per heavy atom. The van der Waals surface area contributed by atoms with Crippen LogP contribution in [-0.4, -0.2) is 28.8 Å². The third-order valence-electron chi connectivity index (χ3n) is 4.68. The molecular weight excluding hydrogens is 468 g/mol. The van der Waals surface area contributed by atoms with Crippen LogP contribution in [0.25, 0.3) is 0 Å². The van der Waals surface area contributed by atoms with E-state index in [9.17, 15) is 18.3 Å². The second-order valence-electron chi connectivity index (χ2n) is 6.75. The van der Waals surface area contributed by atoms with Gasteiger partial charge in [-0.3, -0.25) is 4.98 Å². The van der Waals surface area contributed by atoms with E-state index in [-0.39, 0.29) is 23.5 Å². The van der Waals surface area contributed by atoms with Crippen molar-refractivity contribution in [1.29, 1.82) is 0 Å². The number of benzene rings is 2. The zero-order valence-corrected chi connectivity index (χ0v) is 18.7. The molecule has 0 atom stereocenters. The summed E-state index contributed by atoms with van der Waals surface area (Å²) in [7, 11) is -3.96. The van der Waals surface area contributed by atoms with Crippen LogP contribution in [0.15, 0.2) is 76.4 Å². The van der Waals surface area contributed by atoms with Gasteiger partial charge in [0.1, 0.15) is 0 Å². The SMILES string of the molecule is CCc1ccc(CN(Cc2cccnc2)S(=O)(=O)c2ccc(Br)c(C(=O)O)c2)cc1. The number of carboxylic acid groups (broad SMARTS) is 1. The molecule has 0 spiro atoms. The molecule has 1 heterocycles. The van der Waals surface area contributed by atoms with Crippen molar-refractivity contribution in [2.75, 3.05) is 0 Å². The number of aromatic nitrogens is 1. The van der Waals surface area contributed by atoms with Crippen molar-refractivity contribution in [2.45, 2.75) is 31.3 Å². The lowest BCUT2D eigenvalue weighted by atomic mass is 10.1. The van der Waals surface area contributed by atoms with E-state index in [1.165, 1.54) is 28.1 Å². The third-order valence-corrected chi connectivity index (χ3v) is 7.16. The summed E-state index contributed by atoms with van der Waals surface area (Å²) in [4.78, 5) is 15.5. The fourth-order valence-electron chi connectivity index (χ4n) is 2.98. The van der Waals surface area contributed by atoms with E-state index < -0.39 is 16.0 Å². The first-order chi connectivity index (χ1) is 14.3. The Morgan fingerprint density at radius 2 is 1.70 bits per heavy atom. The standard InChI is InChI=1S/C22H21BrN2O4S/c1-2-16-5-7-17(8-6-16)14-25(15-18-4-3-11-24-13-18)30(28,29)19-9-10-21(23)20(12-19)22(26)27/h3-13H,2,14-15H2,1H3,(H,26,27). The minimum Gasteiger partial charge on any atom is -0.478 e. The van der Waals surface area contributed by atoms with E-state index in [1.54, 1.807) is 24.5 Å². The lowest BCUT2D eigenvalue weighted by molar-refractivity contribution is 0.0695. The van der Waals surface area contributed by atoms with E-state index in [0.29, 0.717) is 4.47 Å². The van der Waals surface area contributed by atoms with Crippen molar-refractivity contribution in [2.24, 2.45) is 0 Å². The van der Waals surface area contributed by atoms with E-state index >= 15 is 0 Å². The van der Waals surface area contributed by atoms with Crippen LogP contribution in [0, 0.1) is 0 Å². The maximum Gasteiger partial charge on any atom is 0.336 e. The average Bonchev–Trinajstić information content (AvgIpc) is 2.74. The van der Waals surface area contributed by atoms with Crippen molar-refractivity contribution in [1.82, 2.24) is 9.29 Å². The van der Waals surface area contributed by atoms with Gasteiger partial charge in [-0.15, -0.1) is 0 Å². The molecule has 2 aromatic carbocycles. The largest absolute Gasteiger partial charge is 0.478 e. The summed E-state index contributed by atoms with van der Waals surface area (Å²) in [6.45, 7) is 2.33. The van der Waals surface area contributed by atoms with E-state index in [1.807, 2.05) is 24.3 Å². The van der Waals surface area contributed by atoms with Gasteiger partial charge in [-0.05, 0) is 63.3 Å². The van der Waals surface area contributed by atoms with Gasteiger partial charge in [0.15, 0.2) is 0 Å². The zero-order valence-electron chi connectivity index (χ0n) is 16.3. The van der Waals surface area contributed by atoms with Crippen LogP contribution in [0.1, 0.15) is 34.0 Å². The zero-order chi connectivity index (χ0) is 21.7. The number of nitrogens with zero attached hydrogens (tertiary/aromatic N) is 2. The van der Waals surface area contributed by atoms with Crippen molar-refractivity contribution in [3.63, 3.8) is 0 Å². The van der Waals surface area contributed by atoms with Crippen LogP contribution < -0.4 is 0 Å². The lowest BCUT2D eigenvalue weighted by Crippen LogP contribution is -2.30. The average molecular weight is 489 g/mol. The van der Waals surface area contributed by atoms with Gasteiger partial charge in [-0.25, -0.2) is 13.2 Å². The van der Waals surface area contributed by atoms with Crippen molar-refractivity contribution in [3.8, 4) is 0 Å². The molecule has 0 radical (unpaired) electrons. The number of carbonyl (C=O) groups is 1. The number of aryl methyl sites for hydroxylation is 1. The number of halogens is 1. The van der Waals surface area contributed by atoms with Crippen LogP contribution >= 0.6 is 15.9 Å². The summed E-state index contributed by atoms with van der Waals surface area (Å²) in [6, 6.07) is 15.4. The summed E-state index contributed by atoms with van der Waals surface area (Å²) in [6.07, 6.45) is 4.14. The Hall–Kier alpha value is -2.55. The number of rotatable bonds is 8. The second kappa shape index (κ2) is 9.51. The summed E-state index contributed by atoms with van der Waals surface area (Å²) < 4.78 is 28.6. The molecule has 0 aliphatic carbocycles. The van der Waals surface area contributed by atoms with E-state index in [0.717, 1.165) is 17.5 Å². The number of hydrogen-bond acceptors (Lipinski definition) is 4. The first-order valence-electron chi connectivity index (χ1n) is 9.31. The predicted octanol–water partition coefficient (Wildman–Crippen LogP) is 4.50. The number of sulfonamides is 1. The molecule has 0 unspecified atom stereocenters. The highest BCUT2D eigenvalue weighted by Crippen LogP contribution is 2.26. The second-order valence-corrected chi connectivity index (χ2v) is 9.54. The Bertz CT molecular complexity index is 1130. The number of pyridine rings is 1. The smallest absolute Gasteiger partial charge is 0.336 e. The maximum absolute atomic E-state index is 13.4. The fraction of sp³-hybridized carbons (Fsp3) is 0.182. The first kappa shape index (κ1) is 22.1. The molecule has 0 saturated heterocycles. The topological polar surface area (TPSA) is 87.6 Å². The minimum absolute atomic E-state index is 0.0721. The number of hydrogen-bond donors (Lipinski definition) is 1. The molecule has 0 amide bonds. The normalized spacial score (nSPS) is 11.6. The molecule has 0 bridgehead atoms. The van der Waals surface area contributed by atoms with Crippen molar-refractivity contribution in [3.05, 3.63) is 93.7 Å². The molecule has 30 heavy (non-hydrogen) atoms. The highest BCUT2D eigenvalue weighted by molar-refractivity contribution is 9.10. The summed E-state index contributed by atoms with van der Waals surface area (Å²) in [5, 5.41) is 9.37. The maximum atomic E-state index is 13.4. The van der Waals surface area contributed by atoms with Gasteiger partial charge in [-0.1, -0.05) is 37.3 Å². The minimum atomic E-state index is -3.96. The molecular formula is C22H21BrN2O4S. The van der Waals surface area contributed by atoms with Gasteiger partial charge in [-0.2, -0.15) is 4.31 Å². The first-order valence-corrected chi connectivity index (χ1v) is 11.5. The van der Waals surface area contributed by atoms with Crippen molar-refractivity contribution >= 4 is 31.9 Å². The molecule has 1 N–H and O–H groups in total. The van der Waals surface area contributed by atoms with E-state index in [4.69, 9.17) is 0 Å². The molecule has 8 heteroatoms. The fourth-order valence-corrected chi connectivity index (χ4v) is 4.84.